The molecule has 3 aromatic rings. The first-order valence-electron chi connectivity index (χ1n) is 9.77. The lowest BCUT2D eigenvalue weighted by atomic mass is 9.99. The monoisotopic (exact) mass is 366 g/mol. The van der Waals surface area contributed by atoms with Crippen molar-refractivity contribution < 1.29 is 9.13 Å². The summed E-state index contributed by atoms with van der Waals surface area (Å²) in [6.45, 7) is 7.32. The third-order valence-corrected chi connectivity index (χ3v) is 5.91. The SMILES string of the molecule is CCN1Cc2c(n(CCc3ccc(OC)cc3)c3ccc(F)cc23)CC1C. The lowest BCUT2D eigenvalue weighted by molar-refractivity contribution is 0.192. The maximum atomic E-state index is 14.0. The number of aromatic nitrogens is 1. The molecule has 0 bridgehead atoms. The zero-order valence-electron chi connectivity index (χ0n) is 16.3. The number of benzene rings is 2. The molecule has 1 aliphatic heterocycles. The normalized spacial score (nSPS) is 17.3. The molecule has 2 aromatic carbocycles. The average Bonchev–Trinajstić information content (AvgIpc) is 2.97. The first-order chi connectivity index (χ1) is 13.1. The van der Waals surface area contributed by atoms with Gasteiger partial charge in [-0.15, -0.1) is 0 Å². The van der Waals surface area contributed by atoms with Gasteiger partial charge >= 0.3 is 0 Å². The molecule has 0 aliphatic carbocycles. The Kier molecular flexibility index (Phi) is 4.92. The summed E-state index contributed by atoms with van der Waals surface area (Å²) < 4.78 is 21.6. The molecule has 27 heavy (non-hydrogen) atoms. The Morgan fingerprint density at radius 2 is 1.93 bits per heavy atom. The van der Waals surface area contributed by atoms with Crippen LogP contribution in [0.25, 0.3) is 10.9 Å². The molecule has 0 amide bonds. The quantitative estimate of drug-likeness (QED) is 0.645. The largest absolute Gasteiger partial charge is 0.497 e. The number of halogens is 1. The Balaban J connectivity index is 1.70. The molecular weight excluding hydrogens is 339 g/mol. The summed E-state index contributed by atoms with van der Waals surface area (Å²) in [6, 6.07) is 14.0. The highest BCUT2D eigenvalue weighted by Crippen LogP contribution is 2.33. The number of ether oxygens (including phenoxy) is 1. The Morgan fingerprint density at radius 3 is 2.63 bits per heavy atom. The van der Waals surface area contributed by atoms with E-state index in [1.807, 2.05) is 18.2 Å². The van der Waals surface area contributed by atoms with Gasteiger partial charge in [0.1, 0.15) is 11.6 Å². The Bertz CT molecular complexity index is 945. The van der Waals surface area contributed by atoms with Crippen molar-refractivity contribution in [3.63, 3.8) is 0 Å². The maximum Gasteiger partial charge on any atom is 0.123 e. The van der Waals surface area contributed by atoms with Crippen molar-refractivity contribution >= 4 is 10.9 Å². The van der Waals surface area contributed by atoms with Gasteiger partial charge in [0, 0.05) is 42.1 Å². The van der Waals surface area contributed by atoms with E-state index in [0.717, 1.165) is 49.1 Å². The Labute approximate surface area is 160 Å². The van der Waals surface area contributed by atoms with Crippen LogP contribution in [-0.4, -0.2) is 29.2 Å². The lowest BCUT2D eigenvalue weighted by Gasteiger charge is -2.33. The van der Waals surface area contributed by atoms with Gasteiger partial charge in [0.15, 0.2) is 0 Å². The summed E-state index contributed by atoms with van der Waals surface area (Å²) in [5.74, 6) is 0.728. The van der Waals surface area contributed by atoms with Crippen LogP contribution in [0.2, 0.25) is 0 Å². The summed E-state index contributed by atoms with van der Waals surface area (Å²) >= 11 is 0. The smallest absolute Gasteiger partial charge is 0.123 e. The molecule has 1 atom stereocenters. The fraction of sp³-hybridized carbons (Fsp3) is 0.391. The second-order valence-electron chi connectivity index (χ2n) is 7.45. The second kappa shape index (κ2) is 7.35. The summed E-state index contributed by atoms with van der Waals surface area (Å²) in [4.78, 5) is 2.47. The molecule has 1 aromatic heterocycles. The Hall–Kier alpha value is -2.33. The van der Waals surface area contributed by atoms with Crippen LogP contribution in [0.1, 0.15) is 30.7 Å². The minimum atomic E-state index is -0.153. The number of likely N-dealkylation sites (N-methyl/N-ethyl adjacent to an activating group) is 1. The maximum absolute atomic E-state index is 14.0. The number of aryl methyl sites for hydroxylation is 2. The van der Waals surface area contributed by atoms with E-state index in [1.165, 1.54) is 16.8 Å². The first-order valence-corrected chi connectivity index (χ1v) is 9.77. The second-order valence-corrected chi connectivity index (χ2v) is 7.45. The van der Waals surface area contributed by atoms with Crippen LogP contribution in [0.4, 0.5) is 4.39 Å². The van der Waals surface area contributed by atoms with Gasteiger partial charge in [0.25, 0.3) is 0 Å². The van der Waals surface area contributed by atoms with E-state index in [0.29, 0.717) is 6.04 Å². The van der Waals surface area contributed by atoms with E-state index in [4.69, 9.17) is 4.74 Å². The van der Waals surface area contributed by atoms with Gasteiger partial charge in [-0.1, -0.05) is 19.1 Å². The average molecular weight is 366 g/mol. The Morgan fingerprint density at radius 1 is 1.15 bits per heavy atom. The highest BCUT2D eigenvalue weighted by atomic mass is 19.1. The van der Waals surface area contributed by atoms with Crippen LogP contribution in [0.5, 0.6) is 5.75 Å². The fourth-order valence-electron chi connectivity index (χ4n) is 4.34. The van der Waals surface area contributed by atoms with Crippen molar-refractivity contribution in [2.75, 3.05) is 13.7 Å². The van der Waals surface area contributed by atoms with Gasteiger partial charge in [-0.25, -0.2) is 4.39 Å². The summed E-state index contributed by atoms with van der Waals surface area (Å²) in [5, 5.41) is 1.07. The standard InChI is InChI=1S/C23H27FN2O/c1-4-25-15-21-20-14-18(24)7-10-22(20)26(23(21)13-16(25)2)12-11-17-5-8-19(27-3)9-6-17/h5-10,14,16H,4,11-13,15H2,1-3H3. The van der Waals surface area contributed by atoms with Gasteiger partial charge in [-0.2, -0.15) is 0 Å². The number of rotatable bonds is 5. The van der Waals surface area contributed by atoms with E-state index in [-0.39, 0.29) is 5.82 Å². The van der Waals surface area contributed by atoms with E-state index >= 15 is 0 Å². The third-order valence-electron chi connectivity index (χ3n) is 5.91. The van der Waals surface area contributed by atoms with Crippen LogP contribution >= 0.6 is 0 Å². The summed E-state index contributed by atoms with van der Waals surface area (Å²) in [7, 11) is 1.69. The number of fused-ring (bicyclic) bond motifs is 3. The van der Waals surface area contributed by atoms with Gasteiger partial charge in [-0.3, -0.25) is 4.90 Å². The summed E-state index contributed by atoms with van der Waals surface area (Å²) in [6.07, 6.45) is 1.96. The fourth-order valence-corrected chi connectivity index (χ4v) is 4.34. The zero-order valence-corrected chi connectivity index (χ0v) is 16.3. The van der Waals surface area contributed by atoms with Crippen molar-refractivity contribution in [3.05, 3.63) is 65.1 Å². The van der Waals surface area contributed by atoms with Gasteiger partial charge in [-0.05, 0) is 61.3 Å². The topological polar surface area (TPSA) is 17.4 Å². The molecule has 1 aliphatic rings. The van der Waals surface area contributed by atoms with E-state index in [1.54, 1.807) is 19.2 Å². The van der Waals surface area contributed by atoms with Crippen molar-refractivity contribution in [1.82, 2.24) is 9.47 Å². The van der Waals surface area contributed by atoms with E-state index in [9.17, 15) is 4.39 Å². The minimum Gasteiger partial charge on any atom is -0.497 e. The molecule has 1 unspecified atom stereocenters. The van der Waals surface area contributed by atoms with E-state index < -0.39 is 0 Å². The highest BCUT2D eigenvalue weighted by molar-refractivity contribution is 5.86. The van der Waals surface area contributed by atoms with Crippen molar-refractivity contribution in [2.45, 2.75) is 45.8 Å². The zero-order chi connectivity index (χ0) is 19.0. The molecule has 142 valence electrons. The molecule has 4 heteroatoms. The molecule has 2 heterocycles. The van der Waals surface area contributed by atoms with E-state index in [2.05, 4.69) is 35.4 Å². The molecule has 0 fully saturated rings. The molecule has 0 saturated heterocycles. The van der Waals surface area contributed by atoms with Crippen LogP contribution in [0.3, 0.4) is 0 Å². The van der Waals surface area contributed by atoms with Crippen LogP contribution < -0.4 is 4.74 Å². The number of hydrogen-bond donors (Lipinski definition) is 0. The number of methoxy groups -OCH3 is 1. The first kappa shape index (κ1) is 18.1. The molecule has 0 radical (unpaired) electrons. The van der Waals surface area contributed by atoms with Gasteiger partial charge < -0.3 is 9.30 Å². The molecule has 4 rings (SSSR count). The molecule has 0 N–H and O–H groups in total. The summed E-state index contributed by atoms with van der Waals surface area (Å²) in [5.41, 5.74) is 5.12. The highest BCUT2D eigenvalue weighted by Gasteiger charge is 2.27. The van der Waals surface area contributed by atoms with Crippen molar-refractivity contribution in [1.29, 1.82) is 0 Å². The molecular formula is C23H27FN2O. The predicted octanol–water partition coefficient (Wildman–Crippen LogP) is 4.80. The third kappa shape index (κ3) is 3.34. The molecule has 0 saturated carbocycles. The van der Waals surface area contributed by atoms with Crippen molar-refractivity contribution in [3.8, 4) is 5.75 Å². The predicted molar refractivity (Wildman–Crippen MR) is 108 cm³/mol. The van der Waals surface area contributed by atoms with Gasteiger partial charge in [0.2, 0.25) is 0 Å². The minimum absolute atomic E-state index is 0.153. The molecule has 3 nitrogen and oxygen atoms in total. The van der Waals surface area contributed by atoms with Crippen LogP contribution in [0, 0.1) is 5.82 Å². The van der Waals surface area contributed by atoms with Gasteiger partial charge in [0.05, 0.1) is 7.11 Å². The van der Waals surface area contributed by atoms with Crippen LogP contribution in [0.15, 0.2) is 42.5 Å². The molecule has 0 spiro atoms. The lowest BCUT2D eigenvalue weighted by Crippen LogP contribution is -2.38. The van der Waals surface area contributed by atoms with Crippen molar-refractivity contribution in [2.24, 2.45) is 0 Å². The number of hydrogen-bond acceptors (Lipinski definition) is 2. The number of nitrogens with zero attached hydrogens (tertiary/aromatic N) is 2. The van der Waals surface area contributed by atoms with Crippen LogP contribution in [-0.2, 0) is 25.9 Å².